The Morgan fingerprint density at radius 3 is 3.22 bits per heavy atom. The van der Waals surface area contributed by atoms with Crippen molar-refractivity contribution in [2.24, 2.45) is 5.92 Å². The van der Waals surface area contributed by atoms with Crippen LogP contribution < -0.4 is 5.32 Å². The van der Waals surface area contributed by atoms with Crippen LogP contribution in [0.25, 0.3) is 0 Å². The fourth-order valence-electron chi connectivity index (χ4n) is 1.99. The van der Waals surface area contributed by atoms with E-state index in [0.29, 0.717) is 25.5 Å². The quantitative estimate of drug-likeness (QED) is 0.723. The minimum Gasteiger partial charge on any atom is -0.349 e. The summed E-state index contributed by atoms with van der Waals surface area (Å²) in [7, 11) is 0. The lowest BCUT2D eigenvalue weighted by atomic mass is 10.1. The molecule has 0 spiro atoms. The fourth-order valence-corrected chi connectivity index (χ4v) is 1.99. The predicted octanol–water partition coefficient (Wildman–Crippen LogP) is 0.0604. The number of aromatic nitrogens is 2. The Kier molecular flexibility index (Phi) is 3.76. The van der Waals surface area contributed by atoms with Crippen LogP contribution in [-0.2, 0) is 16.1 Å². The summed E-state index contributed by atoms with van der Waals surface area (Å²) in [6, 6.07) is 0. The van der Waals surface area contributed by atoms with E-state index in [1.165, 1.54) is 0 Å². The molecular weight excluding hydrogens is 232 g/mol. The van der Waals surface area contributed by atoms with E-state index >= 15 is 0 Å². The summed E-state index contributed by atoms with van der Waals surface area (Å²) < 4.78 is 0. The van der Waals surface area contributed by atoms with Crippen molar-refractivity contribution in [3.05, 3.63) is 30.9 Å². The van der Waals surface area contributed by atoms with Crippen LogP contribution in [0.3, 0.4) is 0 Å². The molecule has 2 amide bonds. The van der Waals surface area contributed by atoms with Crippen LogP contribution in [0.2, 0.25) is 0 Å². The van der Waals surface area contributed by atoms with Gasteiger partial charge in [-0.1, -0.05) is 6.08 Å². The van der Waals surface area contributed by atoms with Gasteiger partial charge < -0.3 is 15.2 Å². The van der Waals surface area contributed by atoms with Crippen molar-refractivity contribution < 1.29 is 9.59 Å². The van der Waals surface area contributed by atoms with Gasteiger partial charge in [0.2, 0.25) is 11.8 Å². The summed E-state index contributed by atoms with van der Waals surface area (Å²) in [6.07, 6.45) is 5.28. The van der Waals surface area contributed by atoms with Gasteiger partial charge in [0.05, 0.1) is 12.5 Å². The summed E-state index contributed by atoms with van der Waals surface area (Å²) in [4.78, 5) is 32.0. The third kappa shape index (κ3) is 2.77. The number of H-pyrrole nitrogens is 1. The van der Waals surface area contributed by atoms with Gasteiger partial charge in [0.15, 0.2) is 0 Å². The highest BCUT2D eigenvalue weighted by atomic mass is 16.2. The third-order valence-electron chi connectivity index (χ3n) is 2.92. The first-order valence-corrected chi connectivity index (χ1v) is 5.85. The summed E-state index contributed by atoms with van der Waals surface area (Å²) in [5.74, 6) is 0.336. The number of likely N-dealkylation sites (tertiary alicyclic amines) is 1. The highest BCUT2D eigenvalue weighted by molar-refractivity contribution is 5.89. The molecule has 1 aliphatic rings. The Labute approximate surface area is 105 Å². The molecule has 1 atom stereocenters. The number of rotatable bonds is 5. The molecule has 1 aliphatic heterocycles. The molecule has 6 nitrogen and oxygen atoms in total. The molecule has 1 aromatic heterocycles. The topological polar surface area (TPSA) is 78.1 Å². The molecule has 96 valence electrons. The largest absolute Gasteiger partial charge is 0.349 e. The van der Waals surface area contributed by atoms with E-state index in [-0.39, 0.29) is 24.2 Å². The predicted molar refractivity (Wildman–Crippen MR) is 65.3 cm³/mol. The van der Waals surface area contributed by atoms with Gasteiger partial charge in [-0.25, -0.2) is 4.98 Å². The first-order valence-electron chi connectivity index (χ1n) is 5.85. The highest BCUT2D eigenvalue weighted by Gasteiger charge is 2.33. The Bertz CT molecular complexity index is 441. The smallest absolute Gasteiger partial charge is 0.225 e. The van der Waals surface area contributed by atoms with E-state index in [1.54, 1.807) is 23.4 Å². The molecule has 2 N–H and O–H groups in total. The molecule has 0 saturated carbocycles. The number of amides is 2. The van der Waals surface area contributed by atoms with Gasteiger partial charge in [0, 0.05) is 31.9 Å². The van der Waals surface area contributed by atoms with Gasteiger partial charge in [-0.05, 0) is 0 Å². The SMILES string of the molecule is C=CCN1C[C@H](C(=O)NCc2ncc[nH]2)CC1=O. The molecule has 1 fully saturated rings. The molecule has 0 radical (unpaired) electrons. The first kappa shape index (κ1) is 12.3. The lowest BCUT2D eigenvalue weighted by Gasteiger charge is -2.13. The van der Waals surface area contributed by atoms with Gasteiger partial charge in [0.25, 0.3) is 0 Å². The van der Waals surface area contributed by atoms with E-state index in [9.17, 15) is 9.59 Å². The molecule has 6 heteroatoms. The van der Waals surface area contributed by atoms with Crippen molar-refractivity contribution in [2.75, 3.05) is 13.1 Å². The van der Waals surface area contributed by atoms with E-state index < -0.39 is 0 Å². The van der Waals surface area contributed by atoms with E-state index in [4.69, 9.17) is 0 Å². The van der Waals surface area contributed by atoms with E-state index in [0.717, 1.165) is 0 Å². The summed E-state index contributed by atoms with van der Waals surface area (Å²) in [5, 5.41) is 2.77. The molecule has 0 unspecified atom stereocenters. The summed E-state index contributed by atoms with van der Waals surface area (Å²) in [6.45, 7) is 4.92. The Balaban J connectivity index is 1.83. The molecule has 1 saturated heterocycles. The van der Waals surface area contributed by atoms with Crippen LogP contribution in [0.1, 0.15) is 12.2 Å². The molecule has 0 aliphatic carbocycles. The van der Waals surface area contributed by atoms with Crippen LogP contribution in [0.5, 0.6) is 0 Å². The van der Waals surface area contributed by atoms with Crippen LogP contribution in [0.15, 0.2) is 25.0 Å². The molecule has 18 heavy (non-hydrogen) atoms. The number of hydrogen-bond acceptors (Lipinski definition) is 3. The molecular formula is C12H16N4O2. The van der Waals surface area contributed by atoms with Crippen molar-refractivity contribution in [3.8, 4) is 0 Å². The second-order valence-electron chi connectivity index (χ2n) is 4.24. The average Bonchev–Trinajstić information content (AvgIpc) is 2.97. The minimum absolute atomic E-state index is 0.00745. The lowest BCUT2D eigenvalue weighted by Crippen LogP contribution is -2.32. The summed E-state index contributed by atoms with van der Waals surface area (Å²) in [5.41, 5.74) is 0. The normalized spacial score (nSPS) is 19.0. The number of carbonyl (C=O) groups is 2. The molecule has 1 aromatic rings. The standard InChI is InChI=1S/C12H16N4O2/c1-2-5-16-8-9(6-11(16)17)12(18)15-7-10-13-3-4-14-10/h2-4,9H,1,5-8H2,(H,13,14)(H,15,18)/t9-/m1/s1. The number of hydrogen-bond donors (Lipinski definition) is 2. The van der Waals surface area contributed by atoms with Crippen molar-refractivity contribution >= 4 is 11.8 Å². The number of nitrogens with zero attached hydrogens (tertiary/aromatic N) is 2. The van der Waals surface area contributed by atoms with Gasteiger partial charge in [0.1, 0.15) is 5.82 Å². The van der Waals surface area contributed by atoms with Crippen molar-refractivity contribution in [3.63, 3.8) is 0 Å². The Morgan fingerprint density at radius 2 is 2.56 bits per heavy atom. The minimum atomic E-state index is -0.271. The Hall–Kier alpha value is -2.11. The number of carbonyl (C=O) groups excluding carboxylic acids is 2. The molecule has 2 rings (SSSR count). The van der Waals surface area contributed by atoms with E-state index in [2.05, 4.69) is 21.9 Å². The number of aromatic amines is 1. The van der Waals surface area contributed by atoms with Gasteiger partial charge in [-0.2, -0.15) is 0 Å². The van der Waals surface area contributed by atoms with E-state index in [1.807, 2.05) is 0 Å². The Morgan fingerprint density at radius 1 is 1.72 bits per heavy atom. The monoisotopic (exact) mass is 248 g/mol. The van der Waals surface area contributed by atoms with Crippen molar-refractivity contribution in [1.82, 2.24) is 20.2 Å². The third-order valence-corrected chi connectivity index (χ3v) is 2.92. The van der Waals surface area contributed by atoms with Crippen LogP contribution in [0, 0.1) is 5.92 Å². The maximum absolute atomic E-state index is 11.9. The number of imidazole rings is 1. The molecule has 0 aromatic carbocycles. The zero-order valence-corrected chi connectivity index (χ0v) is 10.1. The number of nitrogens with one attached hydrogen (secondary N) is 2. The average molecular weight is 248 g/mol. The van der Waals surface area contributed by atoms with Crippen molar-refractivity contribution in [2.45, 2.75) is 13.0 Å². The second-order valence-corrected chi connectivity index (χ2v) is 4.24. The van der Waals surface area contributed by atoms with Crippen LogP contribution in [-0.4, -0.2) is 39.8 Å². The van der Waals surface area contributed by atoms with Crippen LogP contribution in [0.4, 0.5) is 0 Å². The fraction of sp³-hybridized carbons (Fsp3) is 0.417. The van der Waals surface area contributed by atoms with Crippen molar-refractivity contribution in [1.29, 1.82) is 0 Å². The van der Waals surface area contributed by atoms with Crippen LogP contribution >= 0.6 is 0 Å². The molecule has 0 bridgehead atoms. The highest BCUT2D eigenvalue weighted by Crippen LogP contribution is 2.17. The summed E-state index contributed by atoms with van der Waals surface area (Å²) >= 11 is 0. The first-order chi connectivity index (χ1) is 8.70. The lowest BCUT2D eigenvalue weighted by molar-refractivity contribution is -0.128. The zero-order valence-electron chi connectivity index (χ0n) is 10.1. The van der Waals surface area contributed by atoms with Gasteiger partial charge in [-0.15, -0.1) is 6.58 Å². The second kappa shape index (κ2) is 5.48. The zero-order chi connectivity index (χ0) is 13.0. The molecule has 2 heterocycles. The maximum Gasteiger partial charge on any atom is 0.225 e. The maximum atomic E-state index is 11.9. The van der Waals surface area contributed by atoms with Gasteiger partial charge in [-0.3, -0.25) is 9.59 Å². The van der Waals surface area contributed by atoms with Gasteiger partial charge >= 0.3 is 0 Å².